The van der Waals surface area contributed by atoms with Gasteiger partial charge in [0, 0.05) is 43.1 Å². The molecule has 4 rings (SSSR count). The van der Waals surface area contributed by atoms with Gasteiger partial charge >= 0.3 is 0 Å². The molecule has 1 aromatic heterocycles. The first-order valence-corrected chi connectivity index (χ1v) is 10.7. The second-order valence-corrected chi connectivity index (χ2v) is 8.31. The molecule has 0 saturated carbocycles. The number of halogens is 1. The van der Waals surface area contributed by atoms with E-state index in [4.69, 9.17) is 11.6 Å². The maximum absolute atomic E-state index is 6.24. The topological polar surface area (TPSA) is 8.17 Å². The van der Waals surface area contributed by atoms with Gasteiger partial charge in [-0.15, -0.1) is 0 Å². The second kappa shape index (κ2) is 9.80. The highest BCUT2D eigenvalue weighted by Crippen LogP contribution is 2.18. The van der Waals surface area contributed by atoms with Crippen molar-refractivity contribution >= 4 is 11.6 Å². The maximum Gasteiger partial charge on any atom is 0.0473 e. The van der Waals surface area contributed by atoms with E-state index in [1.54, 1.807) is 0 Å². The molecule has 0 N–H and O–H groups in total. The van der Waals surface area contributed by atoms with Crippen molar-refractivity contribution in [3.05, 3.63) is 130 Å². The first kappa shape index (κ1) is 20.5. The molecule has 2 nitrogen and oxygen atoms in total. The average molecular weight is 415 g/mol. The molecule has 1 heterocycles. The van der Waals surface area contributed by atoms with Crippen LogP contribution < -0.4 is 0 Å². The van der Waals surface area contributed by atoms with Gasteiger partial charge in [0.2, 0.25) is 0 Å². The summed E-state index contributed by atoms with van der Waals surface area (Å²) in [5.41, 5.74) is 6.49. The first-order valence-electron chi connectivity index (χ1n) is 10.4. The van der Waals surface area contributed by atoms with Crippen LogP contribution in [0.15, 0.2) is 97.2 Å². The van der Waals surface area contributed by atoms with Crippen molar-refractivity contribution in [1.29, 1.82) is 0 Å². The molecule has 152 valence electrons. The summed E-state index contributed by atoms with van der Waals surface area (Å²) in [4.78, 5) is 2.48. The standard InChI is InChI=1S/C27H27ClN2/c1-22-8-5-11-24(16-22)20-30-15-7-14-27(30)21-29(18-23-9-3-2-4-10-23)19-25-12-6-13-26(28)17-25/h2-17H,18-21H2,1H3. The third-order valence-corrected chi connectivity index (χ3v) is 5.52. The Morgan fingerprint density at radius 3 is 2.23 bits per heavy atom. The molecular weight excluding hydrogens is 388 g/mol. The van der Waals surface area contributed by atoms with E-state index in [1.165, 1.54) is 27.9 Å². The Bertz CT molecular complexity index is 1080. The van der Waals surface area contributed by atoms with Crippen LogP contribution >= 0.6 is 11.6 Å². The highest BCUT2D eigenvalue weighted by atomic mass is 35.5. The fraction of sp³-hybridized carbons (Fsp3) is 0.185. The first-order chi connectivity index (χ1) is 14.7. The van der Waals surface area contributed by atoms with Gasteiger partial charge in [0.15, 0.2) is 0 Å². The minimum Gasteiger partial charge on any atom is -0.346 e. The molecule has 0 saturated heterocycles. The van der Waals surface area contributed by atoms with Gasteiger partial charge in [-0.25, -0.2) is 0 Å². The van der Waals surface area contributed by atoms with E-state index in [0.29, 0.717) is 0 Å². The van der Waals surface area contributed by atoms with Crippen molar-refractivity contribution in [3.8, 4) is 0 Å². The zero-order chi connectivity index (χ0) is 20.8. The summed E-state index contributed by atoms with van der Waals surface area (Å²) in [6, 6.07) is 31.9. The number of aromatic nitrogens is 1. The Kier molecular flexibility index (Phi) is 6.68. The Labute approximate surface area is 184 Å². The van der Waals surface area contributed by atoms with Crippen LogP contribution in [-0.4, -0.2) is 9.47 Å². The Morgan fingerprint density at radius 1 is 0.700 bits per heavy atom. The van der Waals surface area contributed by atoms with Gasteiger partial charge in [-0.2, -0.15) is 0 Å². The van der Waals surface area contributed by atoms with Crippen LogP contribution in [0.25, 0.3) is 0 Å². The van der Waals surface area contributed by atoms with E-state index < -0.39 is 0 Å². The summed E-state index contributed by atoms with van der Waals surface area (Å²) in [7, 11) is 0. The van der Waals surface area contributed by atoms with E-state index in [2.05, 4.69) is 101 Å². The van der Waals surface area contributed by atoms with Crippen molar-refractivity contribution in [3.63, 3.8) is 0 Å². The van der Waals surface area contributed by atoms with Crippen LogP contribution in [0.1, 0.15) is 27.9 Å². The van der Waals surface area contributed by atoms with Gasteiger partial charge in [0.1, 0.15) is 0 Å². The summed E-state index contributed by atoms with van der Waals surface area (Å²) in [5.74, 6) is 0. The van der Waals surface area contributed by atoms with Gasteiger partial charge < -0.3 is 4.57 Å². The molecule has 0 aliphatic rings. The third kappa shape index (κ3) is 5.63. The summed E-state index contributed by atoms with van der Waals surface area (Å²) >= 11 is 6.24. The van der Waals surface area contributed by atoms with Gasteiger partial charge in [0.05, 0.1) is 0 Å². The fourth-order valence-corrected chi connectivity index (χ4v) is 4.10. The van der Waals surface area contributed by atoms with E-state index in [0.717, 1.165) is 31.2 Å². The smallest absolute Gasteiger partial charge is 0.0473 e. The monoisotopic (exact) mass is 414 g/mol. The molecule has 0 radical (unpaired) electrons. The van der Waals surface area contributed by atoms with Crippen LogP contribution in [0.2, 0.25) is 5.02 Å². The maximum atomic E-state index is 6.24. The molecule has 30 heavy (non-hydrogen) atoms. The predicted octanol–water partition coefficient (Wildman–Crippen LogP) is 6.70. The lowest BCUT2D eigenvalue weighted by Gasteiger charge is -2.24. The molecule has 0 unspecified atom stereocenters. The summed E-state index contributed by atoms with van der Waals surface area (Å²) in [5, 5.41) is 0.787. The SMILES string of the molecule is Cc1cccc(Cn2cccc2CN(Cc2ccccc2)Cc2cccc(Cl)c2)c1. The van der Waals surface area contributed by atoms with Gasteiger partial charge in [0.25, 0.3) is 0 Å². The molecule has 4 aromatic rings. The number of nitrogens with zero attached hydrogens (tertiary/aromatic N) is 2. The number of rotatable bonds is 8. The van der Waals surface area contributed by atoms with Crippen LogP contribution in [0.3, 0.4) is 0 Å². The van der Waals surface area contributed by atoms with Crippen LogP contribution in [0.4, 0.5) is 0 Å². The third-order valence-electron chi connectivity index (χ3n) is 5.29. The van der Waals surface area contributed by atoms with E-state index in [9.17, 15) is 0 Å². The molecule has 0 atom stereocenters. The number of benzene rings is 3. The Balaban J connectivity index is 1.55. The van der Waals surface area contributed by atoms with Crippen LogP contribution in [-0.2, 0) is 26.2 Å². The lowest BCUT2D eigenvalue weighted by atomic mass is 10.1. The average Bonchev–Trinajstić information content (AvgIpc) is 3.15. The van der Waals surface area contributed by atoms with Crippen LogP contribution in [0, 0.1) is 6.92 Å². The van der Waals surface area contributed by atoms with Gasteiger partial charge in [-0.1, -0.05) is 83.9 Å². The molecule has 3 heteroatoms. The van der Waals surface area contributed by atoms with Crippen molar-refractivity contribution in [2.24, 2.45) is 0 Å². The Morgan fingerprint density at radius 2 is 1.43 bits per heavy atom. The Hall–Kier alpha value is -2.81. The largest absolute Gasteiger partial charge is 0.346 e. The lowest BCUT2D eigenvalue weighted by Crippen LogP contribution is -2.24. The second-order valence-electron chi connectivity index (χ2n) is 7.88. The van der Waals surface area contributed by atoms with E-state index in [-0.39, 0.29) is 0 Å². The molecule has 0 aliphatic carbocycles. The van der Waals surface area contributed by atoms with Gasteiger partial charge in [-0.3, -0.25) is 4.90 Å². The van der Waals surface area contributed by atoms with Gasteiger partial charge in [-0.05, 0) is 47.9 Å². The normalized spacial score (nSPS) is 11.2. The lowest BCUT2D eigenvalue weighted by molar-refractivity contribution is 0.241. The van der Waals surface area contributed by atoms with Crippen molar-refractivity contribution in [2.45, 2.75) is 33.1 Å². The molecule has 0 spiro atoms. The van der Waals surface area contributed by atoms with E-state index >= 15 is 0 Å². The molecule has 0 bridgehead atoms. The zero-order valence-corrected chi connectivity index (χ0v) is 18.1. The highest BCUT2D eigenvalue weighted by molar-refractivity contribution is 6.30. The predicted molar refractivity (Wildman–Crippen MR) is 126 cm³/mol. The summed E-state index contributed by atoms with van der Waals surface area (Å²) < 4.78 is 2.35. The van der Waals surface area contributed by atoms with Crippen molar-refractivity contribution < 1.29 is 0 Å². The zero-order valence-electron chi connectivity index (χ0n) is 17.3. The quantitative estimate of drug-likeness (QED) is 0.311. The minimum absolute atomic E-state index is 0.787. The molecular formula is C27H27ClN2. The van der Waals surface area contributed by atoms with Crippen molar-refractivity contribution in [1.82, 2.24) is 9.47 Å². The molecule has 0 amide bonds. The highest BCUT2D eigenvalue weighted by Gasteiger charge is 2.12. The molecule has 3 aromatic carbocycles. The molecule has 0 fully saturated rings. The minimum atomic E-state index is 0.787. The number of hydrogen-bond acceptors (Lipinski definition) is 1. The van der Waals surface area contributed by atoms with E-state index in [1.807, 2.05) is 12.1 Å². The van der Waals surface area contributed by atoms with Crippen LogP contribution in [0.5, 0.6) is 0 Å². The number of hydrogen-bond donors (Lipinski definition) is 0. The fourth-order valence-electron chi connectivity index (χ4n) is 3.89. The number of aryl methyl sites for hydroxylation is 1. The summed E-state index contributed by atoms with van der Waals surface area (Å²) in [6.45, 7) is 5.65. The molecule has 0 aliphatic heterocycles. The van der Waals surface area contributed by atoms with Crippen molar-refractivity contribution in [2.75, 3.05) is 0 Å². The summed E-state index contributed by atoms with van der Waals surface area (Å²) in [6.07, 6.45) is 2.18.